The molecule has 8 heteroatoms. The van der Waals surface area contributed by atoms with Gasteiger partial charge >= 0.3 is 12.0 Å². The van der Waals surface area contributed by atoms with Gasteiger partial charge in [-0.2, -0.15) is 0 Å². The molecular formula is C13H25N3O5. The maximum atomic E-state index is 11.6. The molecule has 0 aromatic rings. The Morgan fingerprint density at radius 3 is 2.38 bits per heavy atom. The van der Waals surface area contributed by atoms with Gasteiger partial charge < -0.3 is 25.8 Å². The van der Waals surface area contributed by atoms with Gasteiger partial charge in [-0.1, -0.05) is 20.3 Å². The molecule has 21 heavy (non-hydrogen) atoms. The lowest BCUT2D eigenvalue weighted by Crippen LogP contribution is -2.49. The number of carboxylic acid groups (broad SMARTS) is 1. The molecular weight excluding hydrogens is 278 g/mol. The van der Waals surface area contributed by atoms with Crippen molar-refractivity contribution in [1.82, 2.24) is 16.0 Å². The maximum absolute atomic E-state index is 11.6. The first-order valence-electron chi connectivity index (χ1n) is 6.95. The van der Waals surface area contributed by atoms with E-state index in [4.69, 9.17) is 9.84 Å². The van der Waals surface area contributed by atoms with Gasteiger partial charge in [0.2, 0.25) is 5.91 Å². The molecule has 0 saturated carbocycles. The summed E-state index contributed by atoms with van der Waals surface area (Å²) in [6.45, 7) is 4.58. The first-order chi connectivity index (χ1) is 9.92. The summed E-state index contributed by atoms with van der Waals surface area (Å²) in [4.78, 5) is 34.0. The van der Waals surface area contributed by atoms with Gasteiger partial charge in [-0.25, -0.2) is 9.59 Å². The molecule has 0 saturated heterocycles. The van der Waals surface area contributed by atoms with Crippen LogP contribution in [0.5, 0.6) is 0 Å². The number of rotatable bonds is 10. The number of carboxylic acids is 1. The number of carbonyl (C=O) groups excluding carboxylic acids is 2. The average molecular weight is 303 g/mol. The molecule has 0 aromatic carbocycles. The Hall–Kier alpha value is -1.83. The minimum absolute atomic E-state index is 0.123. The molecule has 0 bridgehead atoms. The second-order valence-electron chi connectivity index (χ2n) is 4.69. The lowest BCUT2D eigenvalue weighted by Gasteiger charge is -2.20. The molecule has 4 N–H and O–H groups in total. The number of aliphatic carboxylic acids is 1. The monoisotopic (exact) mass is 303 g/mol. The number of amides is 3. The Kier molecular flexibility index (Phi) is 9.95. The number of nitrogens with one attached hydrogen (secondary N) is 3. The summed E-state index contributed by atoms with van der Waals surface area (Å²) in [6.07, 6.45) is 0.761. The number of methoxy groups -OCH3 is 1. The van der Waals surface area contributed by atoms with Crippen LogP contribution in [-0.4, -0.2) is 55.9 Å². The van der Waals surface area contributed by atoms with Crippen LogP contribution in [0, 0.1) is 5.92 Å². The van der Waals surface area contributed by atoms with E-state index in [1.165, 1.54) is 7.11 Å². The minimum atomic E-state index is -1.07. The first kappa shape index (κ1) is 19.2. The van der Waals surface area contributed by atoms with Crippen molar-refractivity contribution in [3.05, 3.63) is 0 Å². The zero-order chi connectivity index (χ0) is 16.3. The van der Waals surface area contributed by atoms with Gasteiger partial charge in [-0.05, 0) is 5.92 Å². The number of urea groups is 1. The molecule has 0 fully saturated rings. The average Bonchev–Trinajstić information content (AvgIpc) is 2.44. The Labute approximate surface area is 124 Å². The van der Waals surface area contributed by atoms with Crippen molar-refractivity contribution in [2.75, 3.05) is 26.8 Å². The second-order valence-corrected chi connectivity index (χ2v) is 4.69. The molecule has 0 spiro atoms. The highest BCUT2D eigenvalue weighted by Crippen LogP contribution is 2.07. The molecule has 2 atom stereocenters. The van der Waals surface area contributed by atoms with Crippen LogP contribution >= 0.6 is 0 Å². The van der Waals surface area contributed by atoms with Gasteiger partial charge in [-0.3, -0.25) is 4.79 Å². The van der Waals surface area contributed by atoms with Crippen LogP contribution in [0.3, 0.4) is 0 Å². The Balaban J connectivity index is 3.98. The summed E-state index contributed by atoms with van der Waals surface area (Å²) in [6, 6.07) is -1.53. The quantitative estimate of drug-likeness (QED) is 0.422. The summed E-state index contributed by atoms with van der Waals surface area (Å²) in [5, 5.41) is 16.5. The fourth-order valence-corrected chi connectivity index (χ4v) is 1.55. The van der Waals surface area contributed by atoms with Crippen molar-refractivity contribution in [2.24, 2.45) is 5.92 Å². The molecule has 3 amide bonds. The van der Waals surface area contributed by atoms with Gasteiger partial charge in [0.1, 0.15) is 6.04 Å². The van der Waals surface area contributed by atoms with Crippen molar-refractivity contribution in [2.45, 2.75) is 32.7 Å². The van der Waals surface area contributed by atoms with Crippen LogP contribution in [0.15, 0.2) is 0 Å². The van der Waals surface area contributed by atoms with E-state index < -0.39 is 18.0 Å². The molecule has 8 nitrogen and oxygen atoms in total. The van der Waals surface area contributed by atoms with Gasteiger partial charge in [0, 0.05) is 26.6 Å². The van der Waals surface area contributed by atoms with E-state index in [0.717, 1.165) is 0 Å². The highest BCUT2D eigenvalue weighted by Gasteiger charge is 2.25. The van der Waals surface area contributed by atoms with E-state index in [1.807, 2.05) is 6.92 Å². The Bertz CT molecular complexity index is 349. The Morgan fingerprint density at radius 2 is 1.86 bits per heavy atom. The zero-order valence-corrected chi connectivity index (χ0v) is 12.8. The van der Waals surface area contributed by atoms with E-state index in [-0.39, 0.29) is 24.8 Å². The lowest BCUT2D eigenvalue weighted by atomic mass is 9.99. The molecule has 122 valence electrons. The van der Waals surface area contributed by atoms with E-state index in [1.54, 1.807) is 6.92 Å². The predicted molar refractivity (Wildman–Crippen MR) is 76.9 cm³/mol. The number of carbonyl (C=O) groups is 3. The van der Waals surface area contributed by atoms with Crippen molar-refractivity contribution in [3.63, 3.8) is 0 Å². The molecule has 0 rings (SSSR count). The molecule has 0 aliphatic carbocycles. The minimum Gasteiger partial charge on any atom is -0.480 e. The van der Waals surface area contributed by atoms with E-state index >= 15 is 0 Å². The maximum Gasteiger partial charge on any atom is 0.326 e. The third-order valence-electron chi connectivity index (χ3n) is 3.03. The van der Waals surface area contributed by atoms with Crippen molar-refractivity contribution < 1.29 is 24.2 Å². The van der Waals surface area contributed by atoms with Crippen molar-refractivity contribution >= 4 is 17.9 Å². The number of hydrogen-bond acceptors (Lipinski definition) is 4. The van der Waals surface area contributed by atoms with Crippen LogP contribution in [-0.2, 0) is 14.3 Å². The van der Waals surface area contributed by atoms with E-state index in [0.29, 0.717) is 19.6 Å². The standard InChI is InChI=1S/C13H25N3O5/c1-4-9(2)11(12(18)19)16-13(20)15-6-5-10(17)14-7-8-21-3/h9,11H,4-8H2,1-3H3,(H,14,17)(H,18,19)(H2,15,16,20). The summed E-state index contributed by atoms with van der Waals surface area (Å²) in [5.74, 6) is -1.45. The second kappa shape index (κ2) is 10.9. The fourth-order valence-electron chi connectivity index (χ4n) is 1.55. The van der Waals surface area contributed by atoms with E-state index in [2.05, 4.69) is 16.0 Å². The molecule has 0 aliphatic rings. The predicted octanol–water partition coefficient (Wildman–Crippen LogP) is -0.0624. The molecule has 0 aliphatic heterocycles. The summed E-state index contributed by atoms with van der Waals surface area (Å²) >= 11 is 0. The Morgan fingerprint density at radius 1 is 1.19 bits per heavy atom. The summed E-state index contributed by atoms with van der Waals surface area (Å²) < 4.78 is 4.78. The highest BCUT2D eigenvalue weighted by atomic mass is 16.5. The molecule has 0 aromatic heterocycles. The van der Waals surface area contributed by atoms with Crippen LogP contribution in [0.4, 0.5) is 4.79 Å². The van der Waals surface area contributed by atoms with E-state index in [9.17, 15) is 14.4 Å². The van der Waals surface area contributed by atoms with Crippen LogP contribution in [0.25, 0.3) is 0 Å². The molecule has 0 radical (unpaired) electrons. The number of ether oxygens (including phenoxy) is 1. The number of hydrogen-bond donors (Lipinski definition) is 4. The lowest BCUT2D eigenvalue weighted by molar-refractivity contribution is -0.140. The van der Waals surface area contributed by atoms with Gasteiger partial charge in [0.15, 0.2) is 0 Å². The topological polar surface area (TPSA) is 117 Å². The summed E-state index contributed by atoms with van der Waals surface area (Å²) in [5.41, 5.74) is 0. The van der Waals surface area contributed by atoms with Gasteiger partial charge in [-0.15, -0.1) is 0 Å². The molecule has 0 heterocycles. The van der Waals surface area contributed by atoms with Crippen LogP contribution in [0.1, 0.15) is 26.7 Å². The normalized spacial score (nSPS) is 13.1. The van der Waals surface area contributed by atoms with Crippen LogP contribution in [0.2, 0.25) is 0 Å². The van der Waals surface area contributed by atoms with Gasteiger partial charge in [0.05, 0.1) is 6.61 Å². The van der Waals surface area contributed by atoms with Crippen molar-refractivity contribution in [1.29, 1.82) is 0 Å². The highest BCUT2D eigenvalue weighted by molar-refractivity contribution is 5.83. The third kappa shape index (κ3) is 8.85. The molecule has 2 unspecified atom stereocenters. The van der Waals surface area contributed by atoms with Crippen molar-refractivity contribution in [3.8, 4) is 0 Å². The van der Waals surface area contributed by atoms with Gasteiger partial charge in [0.25, 0.3) is 0 Å². The first-order valence-corrected chi connectivity index (χ1v) is 6.95. The van der Waals surface area contributed by atoms with Crippen LogP contribution < -0.4 is 16.0 Å². The fraction of sp³-hybridized carbons (Fsp3) is 0.769. The summed E-state index contributed by atoms with van der Waals surface area (Å²) in [7, 11) is 1.54. The largest absolute Gasteiger partial charge is 0.480 e. The zero-order valence-electron chi connectivity index (χ0n) is 12.8. The SMILES string of the molecule is CCC(C)C(NC(=O)NCCC(=O)NCCOC)C(=O)O. The smallest absolute Gasteiger partial charge is 0.326 e. The third-order valence-corrected chi connectivity index (χ3v) is 3.03.